The highest BCUT2D eigenvalue weighted by Gasteiger charge is 2.30. The Balaban J connectivity index is 4.19. The Morgan fingerprint density at radius 2 is 1.67 bits per heavy atom. The third-order valence-corrected chi connectivity index (χ3v) is 3.73. The first kappa shape index (κ1) is 20.4. The minimum Gasteiger partial charge on any atom is -0.376 e. The van der Waals surface area contributed by atoms with E-state index in [0.717, 1.165) is 12.8 Å². The van der Waals surface area contributed by atoms with Gasteiger partial charge >= 0.3 is 0 Å². The van der Waals surface area contributed by atoms with Crippen LogP contribution in [0, 0.1) is 10.8 Å². The SMILES string of the molecule is CCOC(C)(C)CCNC(=O)CC(C)(C)CC(C)(C)CN. The Morgan fingerprint density at radius 1 is 1.10 bits per heavy atom. The summed E-state index contributed by atoms with van der Waals surface area (Å²) in [5, 5.41) is 3.01. The Hall–Kier alpha value is -0.610. The van der Waals surface area contributed by atoms with Crippen molar-refractivity contribution < 1.29 is 9.53 Å². The van der Waals surface area contributed by atoms with Gasteiger partial charge in [-0.15, -0.1) is 0 Å². The van der Waals surface area contributed by atoms with Crippen LogP contribution in [0.5, 0.6) is 0 Å². The number of ether oxygens (including phenoxy) is 1. The summed E-state index contributed by atoms with van der Waals surface area (Å²) in [6.45, 7) is 16.6. The highest BCUT2D eigenvalue weighted by Crippen LogP contribution is 2.35. The van der Waals surface area contributed by atoms with Crippen molar-refractivity contribution >= 4 is 5.91 Å². The first-order valence-corrected chi connectivity index (χ1v) is 8.04. The summed E-state index contributed by atoms with van der Waals surface area (Å²) < 4.78 is 5.63. The molecule has 0 spiro atoms. The van der Waals surface area contributed by atoms with Gasteiger partial charge in [0.1, 0.15) is 0 Å². The van der Waals surface area contributed by atoms with E-state index in [9.17, 15) is 4.79 Å². The third-order valence-electron chi connectivity index (χ3n) is 3.73. The quantitative estimate of drug-likeness (QED) is 0.651. The fourth-order valence-corrected chi connectivity index (χ4v) is 2.89. The summed E-state index contributed by atoms with van der Waals surface area (Å²) in [6.07, 6.45) is 2.29. The van der Waals surface area contributed by atoms with Gasteiger partial charge in [0.15, 0.2) is 0 Å². The van der Waals surface area contributed by atoms with E-state index in [-0.39, 0.29) is 22.3 Å². The molecule has 0 saturated carbocycles. The predicted molar refractivity (Wildman–Crippen MR) is 89.2 cm³/mol. The van der Waals surface area contributed by atoms with Gasteiger partial charge in [-0.05, 0) is 51.0 Å². The molecule has 0 radical (unpaired) electrons. The molecule has 0 aromatic heterocycles. The first-order chi connectivity index (χ1) is 9.43. The molecule has 1 amide bonds. The zero-order chi connectivity index (χ0) is 16.7. The first-order valence-electron chi connectivity index (χ1n) is 8.04. The molecule has 0 fully saturated rings. The molecule has 0 aliphatic rings. The minimum absolute atomic E-state index is 0.0393. The maximum Gasteiger partial charge on any atom is 0.220 e. The van der Waals surface area contributed by atoms with Crippen molar-refractivity contribution in [2.24, 2.45) is 16.6 Å². The third kappa shape index (κ3) is 9.86. The molecule has 4 nitrogen and oxygen atoms in total. The van der Waals surface area contributed by atoms with E-state index in [4.69, 9.17) is 10.5 Å². The number of amides is 1. The lowest BCUT2D eigenvalue weighted by atomic mass is 9.73. The fourth-order valence-electron chi connectivity index (χ4n) is 2.89. The lowest BCUT2D eigenvalue weighted by molar-refractivity contribution is -0.123. The Bertz CT molecular complexity index is 323. The van der Waals surface area contributed by atoms with E-state index < -0.39 is 0 Å². The molecule has 21 heavy (non-hydrogen) atoms. The summed E-state index contributed by atoms with van der Waals surface area (Å²) in [5.74, 6) is 0.111. The number of rotatable bonds is 10. The van der Waals surface area contributed by atoms with E-state index in [1.165, 1.54) is 0 Å². The summed E-state index contributed by atoms with van der Waals surface area (Å²) in [7, 11) is 0. The molecule has 0 aliphatic heterocycles. The van der Waals surface area contributed by atoms with E-state index >= 15 is 0 Å². The van der Waals surface area contributed by atoms with Crippen molar-refractivity contribution in [3.63, 3.8) is 0 Å². The number of nitrogens with one attached hydrogen (secondary N) is 1. The summed E-state index contributed by atoms with van der Waals surface area (Å²) >= 11 is 0. The van der Waals surface area contributed by atoms with Crippen LogP contribution < -0.4 is 11.1 Å². The van der Waals surface area contributed by atoms with Crippen LogP contribution in [-0.2, 0) is 9.53 Å². The van der Waals surface area contributed by atoms with Gasteiger partial charge in [0, 0.05) is 19.6 Å². The molecule has 0 heterocycles. The molecule has 0 aromatic carbocycles. The second-order valence-corrected chi connectivity index (χ2v) is 8.18. The van der Waals surface area contributed by atoms with Crippen molar-refractivity contribution in [2.75, 3.05) is 19.7 Å². The number of hydrogen-bond donors (Lipinski definition) is 2. The lowest BCUT2D eigenvalue weighted by Gasteiger charge is -2.33. The highest BCUT2D eigenvalue weighted by molar-refractivity contribution is 5.76. The second kappa shape index (κ2) is 8.14. The number of nitrogens with two attached hydrogens (primary N) is 1. The van der Waals surface area contributed by atoms with E-state index in [1.807, 2.05) is 6.92 Å². The Kier molecular flexibility index (Phi) is 7.90. The molecule has 0 bridgehead atoms. The van der Waals surface area contributed by atoms with Gasteiger partial charge in [0.05, 0.1) is 5.60 Å². The predicted octanol–water partition coefficient (Wildman–Crippen LogP) is 3.10. The molecular formula is C17H36N2O2. The van der Waals surface area contributed by atoms with E-state index in [2.05, 4.69) is 46.9 Å². The summed E-state index contributed by atoms with van der Waals surface area (Å²) in [5.41, 5.74) is 5.64. The standard InChI is InChI=1S/C17H36N2O2/c1-8-21-17(6,7)9-10-19-14(20)11-15(2,3)12-16(4,5)13-18/h8-13,18H2,1-7H3,(H,19,20). The molecule has 0 saturated heterocycles. The number of hydrogen-bond acceptors (Lipinski definition) is 3. The van der Waals surface area contributed by atoms with Gasteiger partial charge in [-0.2, -0.15) is 0 Å². The van der Waals surface area contributed by atoms with E-state index in [1.54, 1.807) is 0 Å². The highest BCUT2D eigenvalue weighted by atomic mass is 16.5. The monoisotopic (exact) mass is 300 g/mol. The second-order valence-electron chi connectivity index (χ2n) is 8.18. The van der Waals surface area contributed by atoms with Gasteiger partial charge in [-0.1, -0.05) is 27.7 Å². The van der Waals surface area contributed by atoms with Gasteiger partial charge in [0.25, 0.3) is 0 Å². The fraction of sp³-hybridized carbons (Fsp3) is 0.941. The zero-order valence-corrected chi connectivity index (χ0v) is 15.1. The van der Waals surface area contributed by atoms with Crippen LogP contribution in [0.4, 0.5) is 0 Å². The Morgan fingerprint density at radius 3 is 2.14 bits per heavy atom. The van der Waals surface area contributed by atoms with Crippen LogP contribution in [0.2, 0.25) is 0 Å². The average Bonchev–Trinajstić information content (AvgIpc) is 2.26. The molecule has 126 valence electrons. The van der Waals surface area contributed by atoms with Crippen LogP contribution in [0.25, 0.3) is 0 Å². The molecule has 3 N–H and O–H groups in total. The zero-order valence-electron chi connectivity index (χ0n) is 15.1. The summed E-state index contributed by atoms with van der Waals surface area (Å²) in [4.78, 5) is 12.1. The van der Waals surface area contributed by atoms with Crippen LogP contribution >= 0.6 is 0 Å². The largest absolute Gasteiger partial charge is 0.376 e. The topological polar surface area (TPSA) is 64.3 Å². The van der Waals surface area contributed by atoms with E-state index in [0.29, 0.717) is 26.1 Å². The van der Waals surface area contributed by atoms with Crippen LogP contribution in [0.15, 0.2) is 0 Å². The maximum atomic E-state index is 12.1. The molecule has 0 unspecified atom stereocenters. The van der Waals surface area contributed by atoms with Crippen molar-refractivity contribution in [3.05, 3.63) is 0 Å². The number of carbonyl (C=O) groups is 1. The molecular weight excluding hydrogens is 264 g/mol. The Labute approximate surface area is 131 Å². The van der Waals surface area contributed by atoms with Gasteiger partial charge < -0.3 is 15.8 Å². The smallest absolute Gasteiger partial charge is 0.220 e. The molecule has 0 atom stereocenters. The number of carbonyl (C=O) groups excluding carboxylic acids is 1. The summed E-state index contributed by atoms with van der Waals surface area (Å²) in [6, 6.07) is 0. The van der Waals surface area contributed by atoms with Crippen LogP contribution in [-0.4, -0.2) is 31.2 Å². The maximum absolute atomic E-state index is 12.1. The average molecular weight is 300 g/mol. The van der Waals surface area contributed by atoms with Gasteiger partial charge in [0.2, 0.25) is 5.91 Å². The molecule has 4 heteroatoms. The molecule has 0 rings (SSSR count). The van der Waals surface area contributed by atoms with Gasteiger partial charge in [-0.3, -0.25) is 4.79 Å². The molecule has 0 aromatic rings. The van der Waals surface area contributed by atoms with Gasteiger partial charge in [-0.25, -0.2) is 0 Å². The van der Waals surface area contributed by atoms with Crippen molar-refractivity contribution in [2.45, 2.75) is 73.3 Å². The van der Waals surface area contributed by atoms with Crippen molar-refractivity contribution in [1.82, 2.24) is 5.32 Å². The normalized spacial score (nSPS) is 13.3. The lowest BCUT2D eigenvalue weighted by Crippen LogP contribution is -2.36. The van der Waals surface area contributed by atoms with Crippen molar-refractivity contribution in [1.29, 1.82) is 0 Å². The van der Waals surface area contributed by atoms with Crippen molar-refractivity contribution in [3.8, 4) is 0 Å². The molecule has 0 aliphatic carbocycles. The van der Waals surface area contributed by atoms with Crippen LogP contribution in [0.3, 0.4) is 0 Å². The minimum atomic E-state index is -0.181. The van der Waals surface area contributed by atoms with Crippen LogP contribution in [0.1, 0.15) is 67.7 Å².